The maximum Gasteiger partial charge on any atom is 0.0785 e. The summed E-state index contributed by atoms with van der Waals surface area (Å²) in [6, 6.07) is 9.21. The first kappa shape index (κ1) is 18.5. The van der Waals surface area contributed by atoms with E-state index in [2.05, 4.69) is 38.1 Å². The molecule has 23 heavy (non-hydrogen) atoms. The van der Waals surface area contributed by atoms with Crippen LogP contribution in [0.25, 0.3) is 0 Å². The second-order valence-electron chi connectivity index (χ2n) is 7.99. The average molecular weight is 319 g/mol. The van der Waals surface area contributed by atoms with Crippen LogP contribution in [-0.2, 0) is 6.42 Å². The molecule has 1 aromatic rings. The molecule has 3 rings (SSSR count). The molecule has 0 atom stereocenters. The molecule has 0 radical (unpaired) electrons. The maximum absolute atomic E-state index is 9.50. The standard InChI is InChI=1S/C21H32.CH3F/c1-16-3-7-18(8-4-16)15-19-9-13-21(14-10-19)20-11-5-17(2)6-12-20;1-2/h3-4,7-8,17,19-21H,5-6,9-15H2,1-2H3;1H3. The Hall–Kier alpha value is -0.850. The molecule has 0 unspecified atom stereocenters. The molecule has 0 spiro atoms. The van der Waals surface area contributed by atoms with E-state index in [4.69, 9.17) is 0 Å². The van der Waals surface area contributed by atoms with Gasteiger partial charge in [-0.3, -0.25) is 4.39 Å². The van der Waals surface area contributed by atoms with Gasteiger partial charge in [0.05, 0.1) is 7.18 Å². The van der Waals surface area contributed by atoms with Crippen molar-refractivity contribution in [3.63, 3.8) is 0 Å². The molecule has 2 aliphatic carbocycles. The van der Waals surface area contributed by atoms with Crippen molar-refractivity contribution in [1.82, 2.24) is 0 Å². The summed E-state index contributed by atoms with van der Waals surface area (Å²) in [5, 5.41) is 0. The van der Waals surface area contributed by atoms with Gasteiger partial charge in [-0.05, 0) is 81.1 Å². The Labute approximate surface area is 142 Å². The zero-order valence-electron chi connectivity index (χ0n) is 15.4. The fourth-order valence-corrected chi connectivity index (χ4v) is 4.68. The number of halogens is 1. The zero-order valence-corrected chi connectivity index (χ0v) is 15.4. The van der Waals surface area contributed by atoms with Gasteiger partial charge >= 0.3 is 0 Å². The summed E-state index contributed by atoms with van der Waals surface area (Å²) in [6.45, 7) is 4.62. The van der Waals surface area contributed by atoms with Gasteiger partial charge in [0.25, 0.3) is 0 Å². The van der Waals surface area contributed by atoms with Crippen LogP contribution < -0.4 is 0 Å². The van der Waals surface area contributed by atoms with E-state index >= 15 is 0 Å². The Morgan fingerprint density at radius 2 is 1.26 bits per heavy atom. The number of rotatable bonds is 3. The van der Waals surface area contributed by atoms with E-state index in [1.807, 2.05) is 0 Å². The van der Waals surface area contributed by atoms with Gasteiger partial charge in [0, 0.05) is 0 Å². The highest BCUT2D eigenvalue weighted by Gasteiger charge is 2.29. The van der Waals surface area contributed by atoms with Crippen molar-refractivity contribution in [1.29, 1.82) is 0 Å². The molecule has 1 aromatic carbocycles. The molecule has 130 valence electrons. The Kier molecular flexibility index (Phi) is 7.59. The van der Waals surface area contributed by atoms with E-state index in [0.717, 1.165) is 23.7 Å². The third kappa shape index (κ3) is 5.62. The van der Waals surface area contributed by atoms with Crippen LogP contribution in [-0.4, -0.2) is 7.18 Å². The van der Waals surface area contributed by atoms with Gasteiger partial charge < -0.3 is 0 Å². The lowest BCUT2D eigenvalue weighted by Crippen LogP contribution is -2.25. The van der Waals surface area contributed by atoms with Gasteiger partial charge in [-0.1, -0.05) is 49.6 Å². The van der Waals surface area contributed by atoms with Crippen molar-refractivity contribution < 1.29 is 4.39 Å². The Morgan fingerprint density at radius 3 is 1.78 bits per heavy atom. The monoisotopic (exact) mass is 318 g/mol. The summed E-state index contributed by atoms with van der Waals surface area (Å²) in [5.74, 6) is 4.08. The second kappa shape index (κ2) is 9.45. The minimum Gasteiger partial charge on any atom is -0.255 e. The Morgan fingerprint density at radius 1 is 0.783 bits per heavy atom. The molecule has 2 aliphatic rings. The molecule has 0 bridgehead atoms. The molecule has 0 aliphatic heterocycles. The van der Waals surface area contributed by atoms with Crippen molar-refractivity contribution in [2.24, 2.45) is 23.7 Å². The lowest BCUT2D eigenvalue weighted by Gasteiger charge is -2.37. The first-order chi connectivity index (χ1) is 11.2. The SMILES string of the molecule is CF.Cc1ccc(CC2CCC(C3CCC(C)CC3)CC2)cc1. The van der Waals surface area contributed by atoms with E-state index in [0.29, 0.717) is 7.18 Å². The molecular weight excluding hydrogens is 283 g/mol. The number of alkyl halides is 1. The van der Waals surface area contributed by atoms with Gasteiger partial charge in [-0.15, -0.1) is 0 Å². The molecule has 0 amide bonds. The van der Waals surface area contributed by atoms with Crippen molar-refractivity contribution in [3.05, 3.63) is 35.4 Å². The highest BCUT2D eigenvalue weighted by Crippen LogP contribution is 2.41. The fourth-order valence-electron chi connectivity index (χ4n) is 4.68. The lowest BCUT2D eigenvalue weighted by molar-refractivity contribution is 0.150. The van der Waals surface area contributed by atoms with Gasteiger partial charge in [-0.2, -0.15) is 0 Å². The lowest BCUT2D eigenvalue weighted by atomic mass is 9.69. The molecule has 0 heterocycles. The zero-order chi connectivity index (χ0) is 16.7. The summed E-state index contributed by atoms with van der Waals surface area (Å²) in [5.41, 5.74) is 2.93. The van der Waals surface area contributed by atoms with Crippen molar-refractivity contribution in [3.8, 4) is 0 Å². The first-order valence-corrected chi connectivity index (χ1v) is 9.64. The Bertz CT molecular complexity index is 420. The molecule has 0 saturated heterocycles. The van der Waals surface area contributed by atoms with Crippen LogP contribution in [0.2, 0.25) is 0 Å². The van der Waals surface area contributed by atoms with Gasteiger partial charge in [0.1, 0.15) is 0 Å². The number of benzene rings is 1. The van der Waals surface area contributed by atoms with Crippen LogP contribution in [0.3, 0.4) is 0 Å². The van der Waals surface area contributed by atoms with Crippen LogP contribution in [0, 0.1) is 30.6 Å². The first-order valence-electron chi connectivity index (χ1n) is 9.64. The van der Waals surface area contributed by atoms with Crippen LogP contribution in [0.4, 0.5) is 4.39 Å². The van der Waals surface area contributed by atoms with Crippen molar-refractivity contribution in [2.75, 3.05) is 7.18 Å². The largest absolute Gasteiger partial charge is 0.255 e. The van der Waals surface area contributed by atoms with Crippen LogP contribution >= 0.6 is 0 Å². The topological polar surface area (TPSA) is 0 Å². The summed E-state index contributed by atoms with van der Waals surface area (Å²) < 4.78 is 9.50. The minimum absolute atomic E-state index is 0.500. The van der Waals surface area contributed by atoms with Crippen LogP contribution in [0.5, 0.6) is 0 Å². The van der Waals surface area contributed by atoms with Gasteiger partial charge in [0.15, 0.2) is 0 Å². The number of hydrogen-bond acceptors (Lipinski definition) is 0. The molecule has 0 aromatic heterocycles. The fraction of sp³-hybridized carbons (Fsp3) is 0.727. The summed E-state index contributed by atoms with van der Waals surface area (Å²) in [6.07, 6.45) is 13.3. The van der Waals surface area contributed by atoms with E-state index in [9.17, 15) is 4.39 Å². The summed E-state index contributed by atoms with van der Waals surface area (Å²) in [7, 11) is 0.500. The van der Waals surface area contributed by atoms with Crippen molar-refractivity contribution in [2.45, 2.75) is 71.6 Å². The molecular formula is C22H35F. The minimum atomic E-state index is 0.500. The predicted octanol–water partition coefficient (Wildman–Crippen LogP) is 6.76. The second-order valence-corrected chi connectivity index (χ2v) is 7.99. The van der Waals surface area contributed by atoms with Gasteiger partial charge in [-0.25, -0.2) is 0 Å². The molecule has 0 N–H and O–H groups in total. The highest BCUT2D eigenvalue weighted by atomic mass is 19.1. The van der Waals surface area contributed by atoms with E-state index in [1.54, 1.807) is 5.56 Å². The van der Waals surface area contributed by atoms with Crippen LogP contribution in [0.15, 0.2) is 24.3 Å². The summed E-state index contributed by atoms with van der Waals surface area (Å²) in [4.78, 5) is 0. The molecule has 2 saturated carbocycles. The van der Waals surface area contributed by atoms with Crippen LogP contribution in [0.1, 0.15) is 69.4 Å². The Balaban J connectivity index is 0.000000924. The third-order valence-corrected chi connectivity index (χ3v) is 6.26. The van der Waals surface area contributed by atoms with E-state index in [-0.39, 0.29) is 0 Å². The molecule has 0 nitrogen and oxygen atoms in total. The highest BCUT2D eigenvalue weighted by molar-refractivity contribution is 5.21. The number of hydrogen-bond donors (Lipinski definition) is 0. The van der Waals surface area contributed by atoms with Crippen molar-refractivity contribution >= 4 is 0 Å². The molecule has 2 fully saturated rings. The average Bonchev–Trinajstić information content (AvgIpc) is 2.60. The quantitative estimate of drug-likeness (QED) is 0.578. The predicted molar refractivity (Wildman–Crippen MR) is 98.5 cm³/mol. The van der Waals surface area contributed by atoms with E-state index < -0.39 is 0 Å². The smallest absolute Gasteiger partial charge is 0.0785 e. The third-order valence-electron chi connectivity index (χ3n) is 6.26. The van der Waals surface area contributed by atoms with Gasteiger partial charge in [0.2, 0.25) is 0 Å². The molecule has 1 heteroatoms. The van der Waals surface area contributed by atoms with E-state index in [1.165, 1.54) is 63.4 Å². The normalized spacial score (nSPS) is 31.1. The number of aryl methyl sites for hydroxylation is 1. The maximum atomic E-state index is 9.50. The summed E-state index contributed by atoms with van der Waals surface area (Å²) >= 11 is 0.